The molecule has 0 atom stereocenters. The molecular weight excluding hydrogens is 288 g/mol. The zero-order chi connectivity index (χ0) is 16.3. The molecule has 0 aromatic heterocycles. The summed E-state index contributed by atoms with van der Waals surface area (Å²) in [6.07, 6.45) is 0. The van der Waals surface area contributed by atoms with E-state index in [0.29, 0.717) is 12.2 Å². The number of amides is 2. The van der Waals surface area contributed by atoms with Crippen LogP contribution in [0.4, 0.5) is 10.5 Å². The van der Waals surface area contributed by atoms with Crippen molar-refractivity contribution in [1.82, 2.24) is 5.32 Å². The van der Waals surface area contributed by atoms with Gasteiger partial charge in [-0.3, -0.25) is 0 Å². The van der Waals surface area contributed by atoms with E-state index in [0.717, 1.165) is 0 Å². The maximum absolute atomic E-state index is 12.0. The van der Waals surface area contributed by atoms with Crippen LogP contribution < -0.4 is 10.6 Å². The largest absolute Gasteiger partial charge is 0.337 e. The van der Waals surface area contributed by atoms with Gasteiger partial charge >= 0.3 is 6.03 Å². The summed E-state index contributed by atoms with van der Waals surface area (Å²) < 4.78 is 24.0. The molecule has 0 aliphatic carbocycles. The third kappa shape index (κ3) is 5.38. The highest BCUT2D eigenvalue weighted by Gasteiger charge is 2.19. The van der Waals surface area contributed by atoms with E-state index in [1.165, 1.54) is 12.1 Å². The van der Waals surface area contributed by atoms with Gasteiger partial charge in [-0.2, -0.15) is 0 Å². The maximum atomic E-state index is 12.0. The Morgan fingerprint density at radius 3 is 2.10 bits per heavy atom. The van der Waals surface area contributed by atoms with Gasteiger partial charge in [0.2, 0.25) is 0 Å². The Balaban J connectivity index is 2.70. The first-order chi connectivity index (χ1) is 9.52. The van der Waals surface area contributed by atoms with Crippen LogP contribution >= 0.6 is 0 Å². The number of hydrogen-bond donors (Lipinski definition) is 2. The molecule has 0 radical (unpaired) electrons. The summed E-state index contributed by atoms with van der Waals surface area (Å²) >= 11 is 0. The lowest BCUT2D eigenvalue weighted by molar-refractivity contribution is 0.247. The fraction of sp³-hybridized carbons (Fsp3) is 0.533. The van der Waals surface area contributed by atoms with Crippen LogP contribution in [0, 0.1) is 5.41 Å². The molecule has 0 aliphatic rings. The highest BCUT2D eigenvalue weighted by atomic mass is 32.2. The molecule has 1 aromatic carbocycles. The number of rotatable bonds is 4. The first-order valence-corrected chi connectivity index (χ1v) is 8.46. The van der Waals surface area contributed by atoms with Crippen LogP contribution in [0.25, 0.3) is 0 Å². The lowest BCUT2D eigenvalue weighted by Crippen LogP contribution is -2.35. The molecule has 1 aromatic rings. The number of hydrogen-bond acceptors (Lipinski definition) is 3. The molecule has 2 N–H and O–H groups in total. The molecule has 6 heteroatoms. The van der Waals surface area contributed by atoms with Crippen molar-refractivity contribution >= 4 is 21.6 Å². The summed E-state index contributed by atoms with van der Waals surface area (Å²) in [6, 6.07) is 5.89. The molecule has 21 heavy (non-hydrogen) atoms. The van der Waals surface area contributed by atoms with E-state index in [9.17, 15) is 13.2 Å². The summed E-state index contributed by atoms with van der Waals surface area (Å²) in [4.78, 5) is 12.0. The van der Waals surface area contributed by atoms with Gasteiger partial charge in [-0.15, -0.1) is 0 Å². The fourth-order valence-corrected chi connectivity index (χ4v) is 2.58. The second kappa shape index (κ2) is 6.47. The average Bonchev–Trinajstić information content (AvgIpc) is 2.36. The van der Waals surface area contributed by atoms with Crippen LogP contribution in [0.1, 0.15) is 34.6 Å². The van der Waals surface area contributed by atoms with Gasteiger partial charge in [0.15, 0.2) is 9.84 Å². The van der Waals surface area contributed by atoms with Crippen molar-refractivity contribution in [3.8, 4) is 0 Å². The average molecular weight is 312 g/mol. The Hall–Kier alpha value is -1.56. The number of anilines is 1. The smallest absolute Gasteiger partial charge is 0.319 e. The van der Waals surface area contributed by atoms with Crippen LogP contribution in [0.5, 0.6) is 0 Å². The lowest BCUT2D eigenvalue weighted by Gasteiger charge is -2.19. The molecule has 0 saturated carbocycles. The molecule has 0 heterocycles. The molecule has 1 rings (SSSR count). The van der Waals surface area contributed by atoms with Gasteiger partial charge in [0.05, 0.1) is 10.1 Å². The minimum absolute atomic E-state index is 0.00649. The predicted molar refractivity (Wildman–Crippen MR) is 85.2 cm³/mol. The molecule has 118 valence electrons. The van der Waals surface area contributed by atoms with E-state index in [1.807, 2.05) is 20.8 Å². The monoisotopic (exact) mass is 312 g/mol. The number of nitrogens with one attached hydrogen (secondary N) is 2. The van der Waals surface area contributed by atoms with Crippen LogP contribution in [0.15, 0.2) is 29.2 Å². The second-order valence-electron chi connectivity index (χ2n) is 6.49. The van der Waals surface area contributed by atoms with Gasteiger partial charge in [-0.1, -0.05) is 20.8 Å². The van der Waals surface area contributed by atoms with E-state index < -0.39 is 15.1 Å². The van der Waals surface area contributed by atoms with Crippen LogP contribution in [-0.2, 0) is 9.84 Å². The van der Waals surface area contributed by atoms with E-state index in [1.54, 1.807) is 26.0 Å². The highest BCUT2D eigenvalue weighted by Crippen LogP contribution is 2.18. The lowest BCUT2D eigenvalue weighted by atomic mass is 9.97. The molecule has 0 aliphatic heterocycles. The first-order valence-electron chi connectivity index (χ1n) is 6.91. The Bertz CT molecular complexity index is 584. The van der Waals surface area contributed by atoms with Gasteiger partial charge < -0.3 is 10.6 Å². The topological polar surface area (TPSA) is 75.3 Å². The van der Waals surface area contributed by atoms with Crippen molar-refractivity contribution in [1.29, 1.82) is 0 Å². The number of carbonyl (C=O) groups is 1. The van der Waals surface area contributed by atoms with Crippen LogP contribution in [-0.4, -0.2) is 26.2 Å². The van der Waals surface area contributed by atoms with Gasteiger partial charge in [-0.05, 0) is 43.5 Å². The minimum atomic E-state index is -3.28. The van der Waals surface area contributed by atoms with Crippen LogP contribution in [0.3, 0.4) is 0 Å². The zero-order valence-corrected chi connectivity index (χ0v) is 14.0. The quantitative estimate of drug-likeness (QED) is 0.897. The molecule has 0 fully saturated rings. The third-order valence-corrected chi connectivity index (χ3v) is 5.01. The molecule has 0 saturated heterocycles. The summed E-state index contributed by atoms with van der Waals surface area (Å²) in [5.41, 5.74) is 0.566. The van der Waals surface area contributed by atoms with Crippen molar-refractivity contribution in [3.05, 3.63) is 24.3 Å². The normalized spacial score (nSPS) is 12.3. The predicted octanol–water partition coefficient (Wildman–Crippen LogP) is 3.04. The Kier molecular flexibility index (Phi) is 5.39. The highest BCUT2D eigenvalue weighted by molar-refractivity contribution is 7.92. The van der Waals surface area contributed by atoms with Gasteiger partial charge in [0.1, 0.15) is 0 Å². The van der Waals surface area contributed by atoms with E-state index >= 15 is 0 Å². The molecular formula is C15H24N2O3S. The van der Waals surface area contributed by atoms with Crippen LogP contribution in [0.2, 0.25) is 0 Å². The Morgan fingerprint density at radius 1 is 1.14 bits per heavy atom. The summed E-state index contributed by atoms with van der Waals surface area (Å²) in [6.45, 7) is 9.91. The zero-order valence-electron chi connectivity index (χ0n) is 13.2. The van der Waals surface area contributed by atoms with Crippen molar-refractivity contribution in [2.75, 3.05) is 11.9 Å². The second-order valence-corrected chi connectivity index (χ2v) is 8.99. The van der Waals surface area contributed by atoms with Crippen molar-refractivity contribution in [2.24, 2.45) is 5.41 Å². The minimum Gasteiger partial charge on any atom is -0.337 e. The third-order valence-electron chi connectivity index (χ3n) is 2.84. The van der Waals surface area contributed by atoms with Gasteiger partial charge in [0.25, 0.3) is 0 Å². The van der Waals surface area contributed by atoms with Crippen molar-refractivity contribution in [3.63, 3.8) is 0 Å². The first kappa shape index (κ1) is 17.5. The number of carbonyl (C=O) groups excluding carboxylic acids is 1. The van der Waals surface area contributed by atoms with E-state index in [2.05, 4.69) is 10.6 Å². The molecule has 0 bridgehead atoms. The summed E-state index contributed by atoms with van der Waals surface area (Å²) in [5.74, 6) is 0. The maximum Gasteiger partial charge on any atom is 0.319 e. The molecule has 5 nitrogen and oxygen atoms in total. The van der Waals surface area contributed by atoms with E-state index in [4.69, 9.17) is 0 Å². The van der Waals surface area contributed by atoms with Gasteiger partial charge in [-0.25, -0.2) is 13.2 Å². The number of urea groups is 1. The summed E-state index contributed by atoms with van der Waals surface area (Å²) in [7, 11) is -3.28. The summed E-state index contributed by atoms with van der Waals surface area (Å²) in [5, 5.41) is 4.98. The molecule has 2 amide bonds. The number of benzene rings is 1. The van der Waals surface area contributed by atoms with Gasteiger partial charge in [0, 0.05) is 12.2 Å². The SMILES string of the molecule is CC(C)S(=O)(=O)c1ccc(NC(=O)NCC(C)(C)C)cc1. The number of sulfone groups is 1. The van der Waals surface area contributed by atoms with E-state index in [-0.39, 0.29) is 16.3 Å². The van der Waals surface area contributed by atoms with Crippen molar-refractivity contribution in [2.45, 2.75) is 44.8 Å². The molecule has 0 spiro atoms. The Labute approximate surface area is 127 Å². The fourth-order valence-electron chi connectivity index (χ4n) is 1.52. The Morgan fingerprint density at radius 2 is 1.67 bits per heavy atom. The molecule has 0 unspecified atom stereocenters. The van der Waals surface area contributed by atoms with Crippen molar-refractivity contribution < 1.29 is 13.2 Å². The standard InChI is InChI=1S/C15H24N2O3S/c1-11(2)21(19,20)13-8-6-12(7-9-13)17-14(18)16-10-15(3,4)5/h6-9,11H,10H2,1-5H3,(H2,16,17,18).